The molecule has 1 aliphatic rings. The van der Waals surface area contributed by atoms with E-state index in [9.17, 15) is 8.42 Å². The largest absolute Gasteiger partial charge is 0.353 e. The van der Waals surface area contributed by atoms with Gasteiger partial charge in [-0.15, -0.1) is 0 Å². The van der Waals surface area contributed by atoms with E-state index in [4.69, 9.17) is 0 Å². The zero-order valence-electron chi connectivity index (χ0n) is 17.3. The highest BCUT2D eigenvalue weighted by Gasteiger charge is 2.27. The maximum atomic E-state index is 12.9. The number of aryl methyl sites for hydroxylation is 1. The summed E-state index contributed by atoms with van der Waals surface area (Å²) in [5.74, 6) is 0.378. The second-order valence-corrected chi connectivity index (χ2v) is 9.74. The molecule has 1 atom stereocenters. The molecule has 28 heavy (non-hydrogen) atoms. The van der Waals surface area contributed by atoms with Gasteiger partial charge in [-0.3, -0.25) is 4.90 Å². The smallest absolute Gasteiger partial charge is 0.240 e. The van der Waals surface area contributed by atoms with Gasteiger partial charge in [0.2, 0.25) is 10.0 Å². The molecule has 1 aromatic heterocycles. The first-order chi connectivity index (χ1) is 13.3. The van der Waals surface area contributed by atoms with E-state index in [1.165, 1.54) is 0 Å². The van der Waals surface area contributed by atoms with Crippen LogP contribution in [-0.4, -0.2) is 62.6 Å². The van der Waals surface area contributed by atoms with E-state index < -0.39 is 10.0 Å². The van der Waals surface area contributed by atoms with Gasteiger partial charge in [0.25, 0.3) is 0 Å². The number of aromatic nitrogens is 1. The van der Waals surface area contributed by atoms with Crippen molar-refractivity contribution in [1.82, 2.24) is 19.1 Å². The molecule has 0 radical (unpaired) electrons. The Balaban J connectivity index is 1.76. The highest BCUT2D eigenvalue weighted by Crippen LogP contribution is 2.23. The van der Waals surface area contributed by atoms with Crippen LogP contribution in [0.5, 0.6) is 0 Å². The number of benzene rings is 1. The van der Waals surface area contributed by atoms with Crippen LogP contribution in [0.2, 0.25) is 0 Å². The molecule has 1 saturated heterocycles. The summed E-state index contributed by atoms with van der Waals surface area (Å²) >= 11 is 0. The zero-order valence-corrected chi connectivity index (χ0v) is 18.1. The van der Waals surface area contributed by atoms with E-state index in [1.807, 2.05) is 31.4 Å². The number of hydrogen-bond acceptors (Lipinski definition) is 4. The number of piperazine rings is 1. The number of likely N-dealkylation sites (N-methyl/N-ethyl adjacent to an activating group) is 1. The predicted molar refractivity (Wildman–Crippen MR) is 113 cm³/mol. The van der Waals surface area contributed by atoms with E-state index in [0.717, 1.165) is 37.4 Å². The first-order valence-corrected chi connectivity index (χ1v) is 11.4. The lowest BCUT2D eigenvalue weighted by Gasteiger charge is -2.38. The minimum Gasteiger partial charge on any atom is -0.353 e. The van der Waals surface area contributed by atoms with Crippen molar-refractivity contribution in [2.45, 2.75) is 30.7 Å². The number of rotatable bonds is 7. The SMILES string of the molecule is CC(C)c1ccc(S(=O)(=O)NCC(c2cccn2C)N2CCN(C)CC2)cc1. The van der Waals surface area contributed by atoms with Gasteiger partial charge in [0, 0.05) is 51.7 Å². The molecule has 0 bridgehead atoms. The standard InChI is InChI=1S/C21H32N4O2S/c1-17(2)18-7-9-19(10-8-18)28(26,27)22-16-21(20-6-5-11-24(20)4)25-14-12-23(3)13-15-25/h5-11,17,21-22H,12-16H2,1-4H3. The molecule has 2 aromatic rings. The third-order valence-corrected chi connectivity index (χ3v) is 7.07. The Bertz CT molecular complexity index is 866. The summed E-state index contributed by atoms with van der Waals surface area (Å²) in [6.45, 7) is 8.39. The molecule has 0 spiro atoms. The molecule has 0 amide bonds. The molecule has 6 nitrogen and oxygen atoms in total. The highest BCUT2D eigenvalue weighted by molar-refractivity contribution is 7.89. The van der Waals surface area contributed by atoms with Crippen molar-refractivity contribution in [1.29, 1.82) is 0 Å². The molecule has 1 N–H and O–H groups in total. The third-order valence-electron chi connectivity index (χ3n) is 5.63. The van der Waals surface area contributed by atoms with E-state index in [0.29, 0.717) is 17.4 Å². The molecule has 1 aromatic carbocycles. The Morgan fingerprint density at radius 1 is 1.00 bits per heavy atom. The van der Waals surface area contributed by atoms with E-state index in [-0.39, 0.29) is 6.04 Å². The maximum Gasteiger partial charge on any atom is 0.240 e. The number of nitrogens with one attached hydrogen (secondary N) is 1. The summed E-state index contributed by atoms with van der Waals surface area (Å²) in [5, 5.41) is 0. The first kappa shape index (κ1) is 21.0. The summed E-state index contributed by atoms with van der Waals surface area (Å²) in [6.07, 6.45) is 2.01. The van der Waals surface area contributed by atoms with E-state index >= 15 is 0 Å². The molecule has 3 rings (SSSR count). The summed E-state index contributed by atoms with van der Waals surface area (Å²) in [6, 6.07) is 11.3. The van der Waals surface area contributed by atoms with Gasteiger partial charge in [0.1, 0.15) is 0 Å². The molecular weight excluding hydrogens is 372 g/mol. The van der Waals surface area contributed by atoms with Crippen LogP contribution in [0.4, 0.5) is 0 Å². The fourth-order valence-corrected chi connectivity index (χ4v) is 4.72. The van der Waals surface area contributed by atoms with Crippen LogP contribution in [0.3, 0.4) is 0 Å². The number of nitrogens with zero attached hydrogens (tertiary/aromatic N) is 3. The molecular formula is C21H32N4O2S. The minimum atomic E-state index is -3.55. The second kappa shape index (κ2) is 8.78. The van der Waals surface area contributed by atoms with Crippen molar-refractivity contribution >= 4 is 10.0 Å². The fourth-order valence-electron chi connectivity index (χ4n) is 3.68. The number of sulfonamides is 1. The van der Waals surface area contributed by atoms with Crippen LogP contribution >= 0.6 is 0 Å². The monoisotopic (exact) mass is 404 g/mol. The summed E-state index contributed by atoms with van der Waals surface area (Å²) < 4.78 is 30.7. The highest BCUT2D eigenvalue weighted by atomic mass is 32.2. The summed E-state index contributed by atoms with van der Waals surface area (Å²) in [7, 11) is 0.587. The predicted octanol–water partition coefficient (Wildman–Crippen LogP) is 2.42. The first-order valence-electron chi connectivity index (χ1n) is 9.91. The van der Waals surface area contributed by atoms with Crippen molar-refractivity contribution in [2.24, 2.45) is 7.05 Å². The van der Waals surface area contributed by atoms with Gasteiger partial charge < -0.3 is 9.47 Å². The second-order valence-electron chi connectivity index (χ2n) is 7.97. The number of hydrogen-bond donors (Lipinski definition) is 1. The Labute approximate surface area is 169 Å². The van der Waals surface area contributed by atoms with Gasteiger partial charge >= 0.3 is 0 Å². The summed E-state index contributed by atoms with van der Waals surface area (Å²) in [4.78, 5) is 5.00. The maximum absolute atomic E-state index is 12.9. The fraction of sp³-hybridized carbons (Fsp3) is 0.524. The van der Waals surface area contributed by atoms with Crippen LogP contribution in [0, 0.1) is 0 Å². The normalized spacial score (nSPS) is 17.9. The van der Waals surface area contributed by atoms with Crippen molar-refractivity contribution in [3.8, 4) is 0 Å². The van der Waals surface area contributed by atoms with E-state index in [2.05, 4.69) is 46.1 Å². The Kier molecular flexibility index (Phi) is 6.60. The molecule has 1 unspecified atom stereocenters. The molecule has 1 aliphatic heterocycles. The van der Waals surface area contributed by atoms with Gasteiger partial charge in [0.05, 0.1) is 10.9 Å². The summed E-state index contributed by atoms with van der Waals surface area (Å²) in [5.41, 5.74) is 2.26. The van der Waals surface area contributed by atoms with E-state index in [1.54, 1.807) is 12.1 Å². The zero-order chi connectivity index (χ0) is 20.3. The quantitative estimate of drug-likeness (QED) is 0.770. The van der Waals surface area contributed by atoms with Gasteiger partial charge in [-0.05, 0) is 42.8 Å². The molecule has 0 aliphatic carbocycles. The Hall–Kier alpha value is -1.67. The van der Waals surface area contributed by atoms with Crippen LogP contribution in [-0.2, 0) is 17.1 Å². The van der Waals surface area contributed by atoms with Crippen LogP contribution in [0.25, 0.3) is 0 Å². The minimum absolute atomic E-state index is 0.0124. The molecule has 2 heterocycles. The van der Waals surface area contributed by atoms with Gasteiger partial charge in [-0.1, -0.05) is 26.0 Å². The van der Waals surface area contributed by atoms with Gasteiger partial charge in [0.15, 0.2) is 0 Å². The molecule has 1 fully saturated rings. The topological polar surface area (TPSA) is 57.6 Å². The van der Waals surface area contributed by atoms with Crippen molar-refractivity contribution < 1.29 is 8.42 Å². The lowest BCUT2D eigenvalue weighted by molar-refractivity contribution is 0.109. The average Bonchev–Trinajstić information content (AvgIpc) is 3.09. The van der Waals surface area contributed by atoms with Crippen LogP contribution in [0.15, 0.2) is 47.5 Å². The van der Waals surface area contributed by atoms with Gasteiger partial charge in [-0.2, -0.15) is 0 Å². The van der Waals surface area contributed by atoms with Crippen molar-refractivity contribution in [3.05, 3.63) is 53.9 Å². The van der Waals surface area contributed by atoms with Crippen LogP contribution in [0.1, 0.15) is 37.1 Å². The van der Waals surface area contributed by atoms with Crippen molar-refractivity contribution in [3.63, 3.8) is 0 Å². The average molecular weight is 405 g/mol. The molecule has 7 heteroatoms. The lowest BCUT2D eigenvalue weighted by Crippen LogP contribution is -2.48. The van der Waals surface area contributed by atoms with Crippen LogP contribution < -0.4 is 4.72 Å². The Morgan fingerprint density at radius 3 is 2.18 bits per heavy atom. The van der Waals surface area contributed by atoms with Gasteiger partial charge in [-0.25, -0.2) is 13.1 Å². The molecule has 154 valence electrons. The molecule has 0 saturated carbocycles. The lowest BCUT2D eigenvalue weighted by atomic mass is 10.0. The Morgan fingerprint density at radius 2 is 1.64 bits per heavy atom. The third kappa shape index (κ3) is 4.84. The van der Waals surface area contributed by atoms with Crippen molar-refractivity contribution in [2.75, 3.05) is 39.8 Å².